The maximum atomic E-state index is 12.2. The van der Waals surface area contributed by atoms with Crippen molar-refractivity contribution >= 4 is 34.8 Å². The van der Waals surface area contributed by atoms with Crippen LogP contribution in [-0.2, 0) is 11.3 Å². The Hall–Kier alpha value is -1.95. The Morgan fingerprint density at radius 3 is 2.58 bits per heavy atom. The van der Waals surface area contributed by atoms with Gasteiger partial charge in [-0.25, -0.2) is 0 Å². The lowest BCUT2D eigenvalue weighted by Crippen LogP contribution is -2.37. The van der Waals surface area contributed by atoms with Crippen molar-refractivity contribution in [3.63, 3.8) is 0 Å². The predicted molar refractivity (Wildman–Crippen MR) is 94.0 cm³/mol. The Morgan fingerprint density at radius 2 is 1.83 bits per heavy atom. The Labute approximate surface area is 149 Å². The topological polar surface area (TPSA) is 59.6 Å². The summed E-state index contributed by atoms with van der Waals surface area (Å²) in [6.45, 7) is 2.56. The Kier molecular flexibility index (Phi) is 5.14. The lowest BCUT2D eigenvalue weighted by molar-refractivity contribution is -0.117. The van der Waals surface area contributed by atoms with Gasteiger partial charge in [0.25, 0.3) is 0 Å². The highest BCUT2D eigenvalue weighted by atomic mass is 35.5. The standard InChI is InChI=1S/C17H16Cl2N2O3/c1-10(17(22)21-14-6-12(18)5-13(19)7-14)20-8-11-2-3-15-16(4-11)24-9-23-15/h2-7,10,20H,8-9H2,1H3,(H,21,22)/t10-/m0/s1. The van der Waals surface area contributed by atoms with Crippen LogP contribution in [0, 0.1) is 0 Å². The molecule has 0 spiro atoms. The second-order valence-corrected chi connectivity index (χ2v) is 6.31. The van der Waals surface area contributed by atoms with Gasteiger partial charge in [0.1, 0.15) is 0 Å². The molecule has 24 heavy (non-hydrogen) atoms. The first kappa shape index (κ1) is 16.9. The Bertz CT molecular complexity index is 747. The molecule has 0 radical (unpaired) electrons. The summed E-state index contributed by atoms with van der Waals surface area (Å²) in [5.74, 6) is 1.29. The molecule has 0 bridgehead atoms. The number of halogens is 2. The molecule has 0 aliphatic carbocycles. The molecular weight excluding hydrogens is 351 g/mol. The van der Waals surface area contributed by atoms with Crippen molar-refractivity contribution in [2.75, 3.05) is 12.1 Å². The van der Waals surface area contributed by atoms with Crippen LogP contribution in [0.15, 0.2) is 36.4 Å². The highest BCUT2D eigenvalue weighted by molar-refractivity contribution is 6.35. The SMILES string of the molecule is C[C@H](NCc1ccc2c(c1)OCO2)C(=O)Nc1cc(Cl)cc(Cl)c1. The fraction of sp³-hybridized carbons (Fsp3) is 0.235. The number of benzene rings is 2. The molecular formula is C17H16Cl2N2O3. The molecule has 0 saturated carbocycles. The van der Waals surface area contributed by atoms with E-state index in [1.54, 1.807) is 25.1 Å². The van der Waals surface area contributed by atoms with Gasteiger partial charge in [0, 0.05) is 22.3 Å². The van der Waals surface area contributed by atoms with E-state index >= 15 is 0 Å². The van der Waals surface area contributed by atoms with Crippen molar-refractivity contribution in [2.45, 2.75) is 19.5 Å². The minimum atomic E-state index is -0.395. The number of rotatable bonds is 5. The van der Waals surface area contributed by atoms with Gasteiger partial charge in [-0.05, 0) is 42.8 Å². The molecule has 0 unspecified atom stereocenters. The van der Waals surface area contributed by atoms with Gasteiger partial charge in [0.05, 0.1) is 6.04 Å². The minimum Gasteiger partial charge on any atom is -0.454 e. The third kappa shape index (κ3) is 4.12. The molecule has 1 amide bonds. The van der Waals surface area contributed by atoms with E-state index in [1.807, 2.05) is 18.2 Å². The lowest BCUT2D eigenvalue weighted by atomic mass is 10.2. The second-order valence-electron chi connectivity index (χ2n) is 5.44. The van der Waals surface area contributed by atoms with Gasteiger partial charge in [0.2, 0.25) is 12.7 Å². The number of hydrogen-bond donors (Lipinski definition) is 2. The van der Waals surface area contributed by atoms with Crippen molar-refractivity contribution in [1.82, 2.24) is 5.32 Å². The molecule has 0 aromatic heterocycles. The molecule has 2 aromatic rings. The number of hydrogen-bond acceptors (Lipinski definition) is 4. The van der Waals surface area contributed by atoms with E-state index in [9.17, 15) is 4.79 Å². The highest BCUT2D eigenvalue weighted by Crippen LogP contribution is 2.32. The van der Waals surface area contributed by atoms with E-state index in [0.29, 0.717) is 22.3 Å². The predicted octanol–water partition coefficient (Wildman–Crippen LogP) is 3.84. The second kappa shape index (κ2) is 7.30. The first-order valence-corrected chi connectivity index (χ1v) is 8.16. The van der Waals surface area contributed by atoms with Crippen LogP contribution in [0.4, 0.5) is 5.69 Å². The van der Waals surface area contributed by atoms with Crippen molar-refractivity contribution in [2.24, 2.45) is 0 Å². The normalized spacial score (nSPS) is 13.6. The number of carbonyl (C=O) groups is 1. The first-order chi connectivity index (χ1) is 11.5. The zero-order chi connectivity index (χ0) is 17.1. The number of carbonyl (C=O) groups excluding carboxylic acids is 1. The number of amides is 1. The van der Waals surface area contributed by atoms with E-state index in [0.717, 1.165) is 17.1 Å². The number of nitrogens with one attached hydrogen (secondary N) is 2. The molecule has 126 valence electrons. The minimum absolute atomic E-state index is 0.172. The fourth-order valence-corrected chi connectivity index (χ4v) is 2.82. The summed E-state index contributed by atoms with van der Waals surface area (Å²) in [5.41, 5.74) is 1.57. The molecule has 1 atom stereocenters. The molecule has 1 heterocycles. The average Bonchev–Trinajstić information content (AvgIpc) is 2.99. The third-order valence-corrected chi connectivity index (χ3v) is 4.01. The quantitative estimate of drug-likeness (QED) is 0.843. The van der Waals surface area contributed by atoms with Crippen LogP contribution in [0.2, 0.25) is 10.0 Å². The molecule has 7 heteroatoms. The molecule has 2 N–H and O–H groups in total. The van der Waals surface area contributed by atoms with Gasteiger partial charge in [0.15, 0.2) is 11.5 Å². The molecule has 1 aliphatic heterocycles. The van der Waals surface area contributed by atoms with E-state index < -0.39 is 6.04 Å². The smallest absolute Gasteiger partial charge is 0.241 e. The van der Waals surface area contributed by atoms with Gasteiger partial charge in [-0.15, -0.1) is 0 Å². The summed E-state index contributed by atoms with van der Waals surface area (Å²) in [7, 11) is 0. The van der Waals surface area contributed by atoms with Gasteiger partial charge >= 0.3 is 0 Å². The molecule has 0 fully saturated rings. The zero-order valence-corrected chi connectivity index (χ0v) is 14.4. The molecule has 1 aliphatic rings. The monoisotopic (exact) mass is 366 g/mol. The first-order valence-electron chi connectivity index (χ1n) is 7.40. The molecule has 5 nitrogen and oxygen atoms in total. The largest absolute Gasteiger partial charge is 0.454 e. The van der Waals surface area contributed by atoms with Gasteiger partial charge in [-0.2, -0.15) is 0 Å². The van der Waals surface area contributed by atoms with Gasteiger partial charge < -0.3 is 20.1 Å². The van der Waals surface area contributed by atoms with Crippen LogP contribution < -0.4 is 20.1 Å². The van der Waals surface area contributed by atoms with Crippen LogP contribution in [0.1, 0.15) is 12.5 Å². The average molecular weight is 367 g/mol. The Morgan fingerprint density at radius 1 is 1.12 bits per heavy atom. The summed E-state index contributed by atoms with van der Waals surface area (Å²) in [4.78, 5) is 12.2. The van der Waals surface area contributed by atoms with Crippen molar-refractivity contribution in [3.8, 4) is 11.5 Å². The Balaban J connectivity index is 1.56. The summed E-state index contributed by atoms with van der Waals surface area (Å²) >= 11 is 11.9. The van der Waals surface area contributed by atoms with Gasteiger partial charge in [-0.3, -0.25) is 4.79 Å². The van der Waals surface area contributed by atoms with E-state index in [4.69, 9.17) is 32.7 Å². The van der Waals surface area contributed by atoms with Crippen LogP contribution in [0.5, 0.6) is 11.5 Å². The van der Waals surface area contributed by atoms with Crippen LogP contribution in [-0.4, -0.2) is 18.7 Å². The lowest BCUT2D eigenvalue weighted by Gasteiger charge is -2.14. The summed E-state index contributed by atoms with van der Waals surface area (Å²) < 4.78 is 10.6. The third-order valence-electron chi connectivity index (χ3n) is 3.57. The number of ether oxygens (including phenoxy) is 2. The van der Waals surface area contributed by atoms with Gasteiger partial charge in [-0.1, -0.05) is 29.3 Å². The maximum Gasteiger partial charge on any atom is 0.241 e. The van der Waals surface area contributed by atoms with E-state index in [2.05, 4.69) is 10.6 Å². The highest BCUT2D eigenvalue weighted by Gasteiger charge is 2.15. The molecule has 0 saturated heterocycles. The van der Waals surface area contributed by atoms with Crippen molar-refractivity contribution < 1.29 is 14.3 Å². The van der Waals surface area contributed by atoms with Crippen molar-refractivity contribution in [1.29, 1.82) is 0 Å². The van der Waals surface area contributed by atoms with E-state index in [-0.39, 0.29) is 12.7 Å². The summed E-state index contributed by atoms with van der Waals surface area (Å²) in [5, 5.41) is 6.89. The van der Waals surface area contributed by atoms with E-state index in [1.165, 1.54) is 0 Å². The number of fused-ring (bicyclic) bond motifs is 1. The van der Waals surface area contributed by atoms with Crippen LogP contribution in [0.3, 0.4) is 0 Å². The molecule has 3 rings (SSSR count). The summed E-state index contributed by atoms with van der Waals surface area (Å²) in [6, 6.07) is 10.2. The van der Waals surface area contributed by atoms with Crippen molar-refractivity contribution in [3.05, 3.63) is 52.0 Å². The molecule has 2 aromatic carbocycles. The fourth-order valence-electron chi connectivity index (χ4n) is 2.29. The zero-order valence-electron chi connectivity index (χ0n) is 12.9. The van der Waals surface area contributed by atoms with Crippen LogP contribution in [0.25, 0.3) is 0 Å². The number of anilines is 1. The van der Waals surface area contributed by atoms with Crippen LogP contribution >= 0.6 is 23.2 Å². The maximum absolute atomic E-state index is 12.2. The summed E-state index contributed by atoms with van der Waals surface area (Å²) in [6.07, 6.45) is 0.